The van der Waals surface area contributed by atoms with Crippen LogP contribution in [0.25, 0.3) is 0 Å². The Balaban J connectivity index is 1.87. The highest BCUT2D eigenvalue weighted by Gasteiger charge is 2.10. The highest BCUT2D eigenvalue weighted by molar-refractivity contribution is 5.91. The summed E-state index contributed by atoms with van der Waals surface area (Å²) in [6.45, 7) is 2.65. The third kappa shape index (κ3) is 5.76. The molecule has 0 saturated heterocycles. The Morgan fingerprint density at radius 2 is 1.83 bits per heavy atom. The third-order valence-electron chi connectivity index (χ3n) is 3.22. The summed E-state index contributed by atoms with van der Waals surface area (Å²) < 4.78 is 10.7. The fraction of sp³-hybridized carbons (Fsp3) is 0.263. The van der Waals surface area contributed by atoms with E-state index in [0.29, 0.717) is 24.5 Å². The van der Waals surface area contributed by atoms with Gasteiger partial charge in [-0.1, -0.05) is 43.3 Å². The molecule has 24 heavy (non-hydrogen) atoms. The number of benzene rings is 2. The number of ether oxygens (including phenoxy) is 2. The van der Waals surface area contributed by atoms with E-state index in [1.165, 1.54) is 0 Å². The van der Waals surface area contributed by atoms with Crippen molar-refractivity contribution in [3.63, 3.8) is 0 Å². The zero-order valence-electron chi connectivity index (χ0n) is 13.7. The minimum Gasteiger partial charge on any atom is -0.489 e. The molecule has 5 nitrogen and oxygen atoms in total. The monoisotopic (exact) mass is 327 g/mol. The van der Waals surface area contributed by atoms with Crippen LogP contribution in [-0.2, 0) is 16.1 Å². The first-order valence-electron chi connectivity index (χ1n) is 7.89. The number of esters is 1. The molecule has 2 aromatic rings. The topological polar surface area (TPSA) is 64.6 Å². The van der Waals surface area contributed by atoms with E-state index in [0.717, 1.165) is 12.0 Å². The van der Waals surface area contributed by atoms with Crippen LogP contribution in [0.1, 0.15) is 29.3 Å². The van der Waals surface area contributed by atoms with Gasteiger partial charge in [-0.3, -0.25) is 4.79 Å². The molecule has 0 aliphatic rings. The second-order valence-corrected chi connectivity index (χ2v) is 5.23. The summed E-state index contributed by atoms with van der Waals surface area (Å²) in [6, 6.07) is 16.5. The number of carbonyl (C=O) groups is 2. The number of nitrogens with one attached hydrogen (secondary N) is 1. The van der Waals surface area contributed by atoms with Crippen LogP contribution in [0, 0.1) is 0 Å². The number of amides is 1. The van der Waals surface area contributed by atoms with Crippen molar-refractivity contribution in [1.82, 2.24) is 5.32 Å². The standard InChI is InChI=1S/C19H21NO4/c1-2-11-20-18(21)14-24-19(22)16-9-6-10-17(12-16)23-13-15-7-4-3-5-8-15/h3-10,12H,2,11,13-14H2,1H3,(H,20,21). The molecule has 0 saturated carbocycles. The Labute approximate surface area is 141 Å². The zero-order chi connectivity index (χ0) is 17.2. The quantitative estimate of drug-likeness (QED) is 0.757. The molecule has 0 bridgehead atoms. The molecule has 0 aromatic heterocycles. The van der Waals surface area contributed by atoms with Gasteiger partial charge in [0.05, 0.1) is 5.56 Å². The zero-order valence-corrected chi connectivity index (χ0v) is 13.7. The van der Waals surface area contributed by atoms with Gasteiger partial charge in [0.2, 0.25) is 0 Å². The maximum atomic E-state index is 12.0. The van der Waals surface area contributed by atoms with Crippen molar-refractivity contribution in [2.75, 3.05) is 13.2 Å². The summed E-state index contributed by atoms with van der Waals surface area (Å²) in [5.41, 5.74) is 1.39. The first-order chi connectivity index (χ1) is 11.7. The Kier molecular flexibility index (Phi) is 6.83. The van der Waals surface area contributed by atoms with Gasteiger partial charge < -0.3 is 14.8 Å². The van der Waals surface area contributed by atoms with Gasteiger partial charge in [0, 0.05) is 6.54 Å². The van der Waals surface area contributed by atoms with E-state index in [1.54, 1.807) is 24.3 Å². The van der Waals surface area contributed by atoms with Gasteiger partial charge in [-0.05, 0) is 30.2 Å². The molecule has 0 aliphatic carbocycles. The van der Waals surface area contributed by atoms with Crippen LogP contribution < -0.4 is 10.1 Å². The second-order valence-electron chi connectivity index (χ2n) is 5.23. The van der Waals surface area contributed by atoms with Gasteiger partial charge in [0.15, 0.2) is 6.61 Å². The smallest absolute Gasteiger partial charge is 0.338 e. The summed E-state index contributed by atoms with van der Waals surface area (Å²) in [7, 11) is 0. The summed E-state index contributed by atoms with van der Waals surface area (Å²) in [5, 5.41) is 2.65. The lowest BCUT2D eigenvalue weighted by Crippen LogP contribution is -2.29. The highest BCUT2D eigenvalue weighted by atomic mass is 16.5. The van der Waals surface area contributed by atoms with Crippen LogP contribution in [0.3, 0.4) is 0 Å². The minimum absolute atomic E-state index is 0.284. The van der Waals surface area contributed by atoms with Crippen LogP contribution in [0.4, 0.5) is 0 Å². The molecule has 1 N–H and O–H groups in total. The van der Waals surface area contributed by atoms with Crippen molar-refractivity contribution in [3.8, 4) is 5.75 Å². The van der Waals surface area contributed by atoms with E-state index in [2.05, 4.69) is 5.32 Å². The Morgan fingerprint density at radius 1 is 1.04 bits per heavy atom. The third-order valence-corrected chi connectivity index (χ3v) is 3.22. The van der Waals surface area contributed by atoms with E-state index in [-0.39, 0.29) is 12.5 Å². The first kappa shape index (κ1) is 17.5. The largest absolute Gasteiger partial charge is 0.489 e. The van der Waals surface area contributed by atoms with Gasteiger partial charge in [-0.25, -0.2) is 4.79 Å². The maximum absolute atomic E-state index is 12.0. The van der Waals surface area contributed by atoms with Crippen molar-refractivity contribution in [3.05, 3.63) is 65.7 Å². The van der Waals surface area contributed by atoms with Crippen molar-refractivity contribution < 1.29 is 19.1 Å². The van der Waals surface area contributed by atoms with Crippen molar-refractivity contribution in [2.24, 2.45) is 0 Å². The van der Waals surface area contributed by atoms with Gasteiger partial charge >= 0.3 is 5.97 Å². The second kappa shape index (κ2) is 9.35. The lowest BCUT2D eigenvalue weighted by atomic mass is 10.2. The summed E-state index contributed by atoms with van der Waals surface area (Å²) in [6.07, 6.45) is 0.834. The molecule has 2 rings (SSSR count). The molecular weight excluding hydrogens is 306 g/mol. The Hall–Kier alpha value is -2.82. The Morgan fingerprint density at radius 3 is 2.58 bits per heavy atom. The van der Waals surface area contributed by atoms with Crippen molar-refractivity contribution in [2.45, 2.75) is 20.0 Å². The average molecular weight is 327 g/mol. The van der Waals surface area contributed by atoms with Crippen LogP contribution in [-0.4, -0.2) is 25.0 Å². The maximum Gasteiger partial charge on any atom is 0.338 e. The van der Waals surface area contributed by atoms with Crippen LogP contribution in [0.15, 0.2) is 54.6 Å². The molecule has 0 heterocycles. The van der Waals surface area contributed by atoms with Crippen molar-refractivity contribution in [1.29, 1.82) is 0 Å². The number of hydrogen-bond donors (Lipinski definition) is 1. The molecule has 0 unspecified atom stereocenters. The SMILES string of the molecule is CCCNC(=O)COC(=O)c1cccc(OCc2ccccc2)c1. The predicted octanol–water partition coefficient (Wildman–Crippen LogP) is 2.95. The molecule has 0 fully saturated rings. The van der Waals surface area contributed by atoms with E-state index >= 15 is 0 Å². The highest BCUT2D eigenvalue weighted by Crippen LogP contribution is 2.16. The summed E-state index contributed by atoms with van der Waals surface area (Å²) >= 11 is 0. The summed E-state index contributed by atoms with van der Waals surface area (Å²) in [4.78, 5) is 23.4. The van der Waals surface area contributed by atoms with E-state index < -0.39 is 5.97 Å². The van der Waals surface area contributed by atoms with E-state index in [1.807, 2.05) is 37.3 Å². The van der Waals surface area contributed by atoms with Crippen molar-refractivity contribution >= 4 is 11.9 Å². The van der Waals surface area contributed by atoms with Crippen LogP contribution >= 0.6 is 0 Å². The van der Waals surface area contributed by atoms with Crippen LogP contribution in [0.2, 0.25) is 0 Å². The summed E-state index contributed by atoms with van der Waals surface area (Å²) in [5.74, 6) is -0.280. The number of rotatable bonds is 8. The lowest BCUT2D eigenvalue weighted by Gasteiger charge is -2.09. The molecule has 0 aliphatic heterocycles. The molecule has 0 spiro atoms. The molecule has 2 aromatic carbocycles. The first-order valence-corrected chi connectivity index (χ1v) is 7.89. The fourth-order valence-electron chi connectivity index (χ4n) is 1.98. The normalized spacial score (nSPS) is 10.0. The number of carbonyl (C=O) groups excluding carboxylic acids is 2. The number of hydrogen-bond acceptors (Lipinski definition) is 4. The van der Waals surface area contributed by atoms with Gasteiger partial charge in [0.25, 0.3) is 5.91 Å². The lowest BCUT2D eigenvalue weighted by molar-refractivity contribution is -0.124. The van der Waals surface area contributed by atoms with E-state index in [9.17, 15) is 9.59 Å². The van der Waals surface area contributed by atoms with E-state index in [4.69, 9.17) is 9.47 Å². The molecular formula is C19H21NO4. The average Bonchev–Trinajstić information content (AvgIpc) is 2.63. The molecule has 5 heteroatoms. The Bertz CT molecular complexity index is 670. The molecule has 126 valence electrons. The predicted molar refractivity (Wildman–Crippen MR) is 90.8 cm³/mol. The van der Waals surface area contributed by atoms with Gasteiger partial charge in [-0.15, -0.1) is 0 Å². The van der Waals surface area contributed by atoms with Gasteiger partial charge in [0.1, 0.15) is 12.4 Å². The molecule has 0 atom stereocenters. The molecule has 1 amide bonds. The van der Waals surface area contributed by atoms with Crippen LogP contribution in [0.5, 0.6) is 5.75 Å². The molecule has 0 radical (unpaired) electrons. The van der Waals surface area contributed by atoms with Gasteiger partial charge in [-0.2, -0.15) is 0 Å². The minimum atomic E-state index is -0.549. The fourth-order valence-corrected chi connectivity index (χ4v) is 1.98.